The average molecular weight is 207 g/mol. The molecule has 3 N–H and O–H groups in total. The number of carbonyl (C=O) groups is 1. The summed E-state index contributed by atoms with van der Waals surface area (Å²) in [4.78, 5) is 10.2. The molecule has 0 fully saturated rings. The van der Waals surface area contributed by atoms with Crippen LogP contribution in [0.25, 0.3) is 0 Å². The van der Waals surface area contributed by atoms with Crippen LogP contribution in [-0.2, 0) is 4.79 Å². The van der Waals surface area contributed by atoms with Gasteiger partial charge < -0.3 is 15.5 Å². The molecule has 5 heteroatoms. The highest BCUT2D eigenvalue weighted by molar-refractivity contribution is 7.99. The summed E-state index contributed by atoms with van der Waals surface area (Å²) in [5.74, 6) is -0.801. The number of thioether (sulfide) groups is 1. The van der Waals surface area contributed by atoms with Crippen LogP contribution in [0.2, 0.25) is 0 Å². The Kier molecular flexibility index (Phi) is 7.03. The molecule has 2 atom stereocenters. The van der Waals surface area contributed by atoms with Crippen LogP contribution in [0.4, 0.5) is 0 Å². The van der Waals surface area contributed by atoms with Crippen LogP contribution >= 0.6 is 11.8 Å². The highest BCUT2D eigenvalue weighted by Crippen LogP contribution is 2.09. The Morgan fingerprint density at radius 3 is 2.62 bits per heavy atom. The van der Waals surface area contributed by atoms with E-state index in [0.717, 1.165) is 0 Å². The Balaban J connectivity index is 3.59. The molecular formula is C8H17NO3S. The van der Waals surface area contributed by atoms with Crippen molar-refractivity contribution in [2.45, 2.75) is 24.6 Å². The molecule has 0 radical (unpaired) electrons. The molecule has 4 nitrogen and oxygen atoms in total. The first-order chi connectivity index (χ1) is 6.11. The lowest BCUT2D eigenvalue weighted by Crippen LogP contribution is -2.38. The zero-order valence-corrected chi connectivity index (χ0v) is 8.80. The Bertz CT molecular complexity index is 150. The van der Waals surface area contributed by atoms with Crippen molar-refractivity contribution in [2.75, 3.05) is 19.4 Å². The van der Waals surface area contributed by atoms with Crippen molar-refractivity contribution >= 4 is 17.7 Å². The summed E-state index contributed by atoms with van der Waals surface area (Å²) >= 11 is 1.58. The lowest BCUT2D eigenvalue weighted by atomic mass is 10.2. The van der Waals surface area contributed by atoms with E-state index in [1.165, 1.54) is 0 Å². The third-order valence-electron chi connectivity index (χ3n) is 1.85. The second-order valence-electron chi connectivity index (χ2n) is 2.84. The SMILES string of the molecule is CSC(CO)C(C)NCCC(=O)O. The maximum Gasteiger partial charge on any atom is 0.304 e. The van der Waals surface area contributed by atoms with E-state index in [1.807, 2.05) is 13.2 Å². The molecule has 0 saturated heterocycles. The smallest absolute Gasteiger partial charge is 0.304 e. The van der Waals surface area contributed by atoms with Crippen molar-refractivity contribution in [3.05, 3.63) is 0 Å². The molecule has 0 aromatic heterocycles. The number of nitrogens with one attached hydrogen (secondary N) is 1. The van der Waals surface area contributed by atoms with E-state index in [4.69, 9.17) is 10.2 Å². The van der Waals surface area contributed by atoms with Gasteiger partial charge in [-0.05, 0) is 13.2 Å². The maximum atomic E-state index is 10.2. The van der Waals surface area contributed by atoms with Crippen LogP contribution in [0.15, 0.2) is 0 Å². The Hall–Kier alpha value is -0.260. The molecule has 13 heavy (non-hydrogen) atoms. The van der Waals surface area contributed by atoms with E-state index in [0.29, 0.717) is 6.54 Å². The second-order valence-corrected chi connectivity index (χ2v) is 3.92. The number of aliphatic hydroxyl groups is 1. The first-order valence-corrected chi connectivity index (χ1v) is 5.49. The van der Waals surface area contributed by atoms with Gasteiger partial charge in [-0.15, -0.1) is 0 Å². The van der Waals surface area contributed by atoms with E-state index >= 15 is 0 Å². The zero-order valence-electron chi connectivity index (χ0n) is 7.99. The number of carboxylic acids is 1. The van der Waals surface area contributed by atoms with Gasteiger partial charge in [0.15, 0.2) is 0 Å². The van der Waals surface area contributed by atoms with Crippen molar-refractivity contribution in [1.29, 1.82) is 0 Å². The third kappa shape index (κ3) is 5.90. The standard InChI is InChI=1S/C8H17NO3S/c1-6(7(5-10)13-2)9-4-3-8(11)12/h6-7,9-10H,3-5H2,1-2H3,(H,11,12). The molecule has 0 aromatic carbocycles. The van der Waals surface area contributed by atoms with Crippen LogP contribution in [0.3, 0.4) is 0 Å². The summed E-state index contributed by atoms with van der Waals surface area (Å²) in [5, 5.41) is 20.5. The molecule has 0 aliphatic carbocycles. The van der Waals surface area contributed by atoms with Gasteiger partial charge in [0.2, 0.25) is 0 Å². The molecular weight excluding hydrogens is 190 g/mol. The first-order valence-electron chi connectivity index (χ1n) is 4.20. The molecule has 0 spiro atoms. The minimum Gasteiger partial charge on any atom is -0.481 e. The second kappa shape index (κ2) is 7.17. The summed E-state index contributed by atoms with van der Waals surface area (Å²) < 4.78 is 0. The molecule has 78 valence electrons. The number of hydrogen-bond acceptors (Lipinski definition) is 4. The van der Waals surface area contributed by atoms with Crippen molar-refractivity contribution in [3.8, 4) is 0 Å². The van der Waals surface area contributed by atoms with Crippen molar-refractivity contribution in [1.82, 2.24) is 5.32 Å². The van der Waals surface area contributed by atoms with Gasteiger partial charge in [-0.1, -0.05) is 0 Å². The van der Waals surface area contributed by atoms with Gasteiger partial charge in [0, 0.05) is 17.8 Å². The van der Waals surface area contributed by atoms with E-state index in [9.17, 15) is 4.79 Å². The van der Waals surface area contributed by atoms with Crippen molar-refractivity contribution < 1.29 is 15.0 Å². The normalized spacial score (nSPS) is 15.3. The molecule has 0 aliphatic rings. The van der Waals surface area contributed by atoms with Gasteiger partial charge in [-0.3, -0.25) is 4.79 Å². The lowest BCUT2D eigenvalue weighted by Gasteiger charge is -2.20. The van der Waals surface area contributed by atoms with Gasteiger partial charge in [0.05, 0.1) is 13.0 Å². The summed E-state index contributed by atoms with van der Waals surface area (Å²) in [6.45, 7) is 2.51. The largest absolute Gasteiger partial charge is 0.481 e. The van der Waals surface area contributed by atoms with E-state index < -0.39 is 5.97 Å². The van der Waals surface area contributed by atoms with Crippen LogP contribution in [-0.4, -0.2) is 46.9 Å². The van der Waals surface area contributed by atoms with Crippen molar-refractivity contribution in [3.63, 3.8) is 0 Å². The summed E-state index contributed by atoms with van der Waals surface area (Å²) in [7, 11) is 0. The molecule has 0 bridgehead atoms. The number of aliphatic hydroxyl groups excluding tert-OH is 1. The van der Waals surface area contributed by atoms with Crippen LogP contribution in [0.5, 0.6) is 0 Å². The van der Waals surface area contributed by atoms with Gasteiger partial charge in [-0.2, -0.15) is 11.8 Å². The van der Waals surface area contributed by atoms with Gasteiger partial charge >= 0.3 is 5.97 Å². The fourth-order valence-corrected chi connectivity index (χ4v) is 1.63. The average Bonchev–Trinajstić information content (AvgIpc) is 2.05. The molecule has 2 unspecified atom stereocenters. The maximum absolute atomic E-state index is 10.2. The van der Waals surface area contributed by atoms with Crippen LogP contribution in [0.1, 0.15) is 13.3 Å². The van der Waals surface area contributed by atoms with Crippen LogP contribution in [0, 0.1) is 0 Å². The monoisotopic (exact) mass is 207 g/mol. The topological polar surface area (TPSA) is 69.6 Å². The van der Waals surface area contributed by atoms with Gasteiger partial charge in [0.1, 0.15) is 0 Å². The number of rotatable bonds is 7. The van der Waals surface area contributed by atoms with E-state index in [-0.39, 0.29) is 24.3 Å². The summed E-state index contributed by atoms with van der Waals surface area (Å²) in [6.07, 6.45) is 2.05. The van der Waals surface area contributed by atoms with E-state index in [1.54, 1.807) is 11.8 Å². The minimum atomic E-state index is -0.801. The molecule has 0 rings (SSSR count). The summed E-state index contributed by atoms with van der Waals surface area (Å²) in [5.41, 5.74) is 0. The van der Waals surface area contributed by atoms with Crippen molar-refractivity contribution in [2.24, 2.45) is 0 Å². The predicted molar refractivity (Wildman–Crippen MR) is 54.1 cm³/mol. The highest BCUT2D eigenvalue weighted by atomic mass is 32.2. The molecule has 0 aromatic rings. The number of aliphatic carboxylic acids is 1. The Morgan fingerprint density at radius 1 is 1.62 bits per heavy atom. The quantitative estimate of drug-likeness (QED) is 0.555. The molecule has 0 aliphatic heterocycles. The first kappa shape index (κ1) is 12.7. The van der Waals surface area contributed by atoms with E-state index in [2.05, 4.69) is 5.32 Å². The minimum absolute atomic E-state index is 0.113. The lowest BCUT2D eigenvalue weighted by molar-refractivity contribution is -0.136. The number of carboxylic acid groups (broad SMARTS) is 1. The van der Waals surface area contributed by atoms with Gasteiger partial charge in [0.25, 0.3) is 0 Å². The third-order valence-corrected chi connectivity index (χ3v) is 3.01. The highest BCUT2D eigenvalue weighted by Gasteiger charge is 2.14. The van der Waals surface area contributed by atoms with Crippen LogP contribution < -0.4 is 5.32 Å². The summed E-state index contributed by atoms with van der Waals surface area (Å²) in [6, 6.07) is 0.138. The Labute approximate surface area is 82.7 Å². The zero-order chi connectivity index (χ0) is 10.3. The molecule has 0 saturated carbocycles. The predicted octanol–water partition coefficient (Wildman–Crippen LogP) is 0.163. The fraction of sp³-hybridized carbons (Fsp3) is 0.875. The number of hydrogen-bond donors (Lipinski definition) is 3. The molecule has 0 amide bonds. The fourth-order valence-electron chi connectivity index (χ4n) is 0.975. The molecule has 0 heterocycles. The Morgan fingerprint density at radius 2 is 2.23 bits per heavy atom. The van der Waals surface area contributed by atoms with Gasteiger partial charge in [-0.25, -0.2) is 0 Å².